The lowest BCUT2D eigenvalue weighted by Gasteiger charge is -2.24. The van der Waals surface area contributed by atoms with Crippen LogP contribution in [0.1, 0.15) is 24.8 Å². The number of hydrogen-bond acceptors (Lipinski definition) is 8. The van der Waals surface area contributed by atoms with Crippen molar-refractivity contribution < 1.29 is 14.0 Å². The lowest BCUT2D eigenvalue weighted by Crippen LogP contribution is -2.40. The number of pyridine rings is 1. The van der Waals surface area contributed by atoms with Crippen LogP contribution in [0.2, 0.25) is 0 Å². The van der Waals surface area contributed by atoms with Gasteiger partial charge in [-0.3, -0.25) is 25.5 Å². The molecule has 2 aliphatic heterocycles. The van der Waals surface area contributed by atoms with Gasteiger partial charge in [0, 0.05) is 42.5 Å². The molecule has 0 aromatic carbocycles. The van der Waals surface area contributed by atoms with E-state index in [2.05, 4.69) is 36.0 Å². The van der Waals surface area contributed by atoms with Crippen molar-refractivity contribution in [3.63, 3.8) is 0 Å². The van der Waals surface area contributed by atoms with E-state index in [4.69, 9.17) is 5.84 Å². The summed E-state index contributed by atoms with van der Waals surface area (Å²) >= 11 is 1.36. The number of halogens is 1. The Hall–Kier alpha value is -3.77. The number of urea groups is 1. The zero-order valence-corrected chi connectivity index (χ0v) is 19.2. The van der Waals surface area contributed by atoms with Crippen LogP contribution < -0.4 is 21.9 Å². The molecule has 1 atom stereocenters. The number of nitrogens with two attached hydrogens (primary N) is 1. The first-order valence-corrected chi connectivity index (χ1v) is 11.5. The monoisotopic (exact) mass is 482 g/mol. The largest absolute Gasteiger partial charge is 0.338 e. The van der Waals surface area contributed by atoms with Gasteiger partial charge in [-0.1, -0.05) is 0 Å². The minimum Gasteiger partial charge on any atom is -0.338 e. The Balaban J connectivity index is 1.69. The first-order valence-electron chi connectivity index (χ1n) is 10.6. The summed E-state index contributed by atoms with van der Waals surface area (Å²) < 4.78 is 14.2. The van der Waals surface area contributed by atoms with E-state index in [0.717, 1.165) is 16.7 Å². The van der Waals surface area contributed by atoms with Crippen LogP contribution in [-0.4, -0.2) is 47.0 Å². The molecule has 0 spiro atoms. The molecule has 34 heavy (non-hydrogen) atoms. The summed E-state index contributed by atoms with van der Waals surface area (Å²) in [6.45, 7) is 2.57. The molecule has 0 fully saturated rings. The van der Waals surface area contributed by atoms with Crippen molar-refractivity contribution in [3.8, 4) is 11.3 Å². The molecule has 0 radical (unpaired) electrons. The number of nitrogens with zero attached hydrogens (tertiary/aromatic N) is 4. The molecule has 4 rings (SSSR count). The van der Waals surface area contributed by atoms with Gasteiger partial charge in [0.15, 0.2) is 0 Å². The molecule has 0 saturated heterocycles. The Bertz CT molecular complexity index is 1230. The van der Waals surface area contributed by atoms with E-state index in [-0.39, 0.29) is 18.5 Å². The van der Waals surface area contributed by atoms with Gasteiger partial charge in [-0.05, 0) is 36.6 Å². The van der Waals surface area contributed by atoms with Gasteiger partial charge in [0.25, 0.3) is 0 Å². The summed E-state index contributed by atoms with van der Waals surface area (Å²) in [5.41, 5.74) is 5.45. The number of thiazole rings is 1. The summed E-state index contributed by atoms with van der Waals surface area (Å²) in [6, 6.07) is 2.93. The van der Waals surface area contributed by atoms with E-state index < -0.39 is 11.9 Å². The van der Waals surface area contributed by atoms with Gasteiger partial charge < -0.3 is 5.32 Å². The Kier molecular flexibility index (Phi) is 7.18. The maximum absolute atomic E-state index is 14.2. The van der Waals surface area contributed by atoms with Gasteiger partial charge >= 0.3 is 6.03 Å². The number of amides is 3. The minimum absolute atomic E-state index is 0.269. The fraction of sp³-hybridized carbons (Fsp3) is 0.273. The highest BCUT2D eigenvalue weighted by atomic mass is 32.1. The van der Waals surface area contributed by atoms with E-state index in [1.807, 2.05) is 6.92 Å². The molecule has 5 N–H and O–H groups in total. The molecule has 176 valence electrons. The van der Waals surface area contributed by atoms with Crippen LogP contribution in [0.15, 0.2) is 51.0 Å². The van der Waals surface area contributed by atoms with E-state index in [0.29, 0.717) is 41.5 Å². The maximum atomic E-state index is 14.2. The van der Waals surface area contributed by atoms with Gasteiger partial charge in [-0.15, -0.1) is 11.3 Å². The Labute approximate surface area is 199 Å². The maximum Gasteiger partial charge on any atom is 0.320 e. The van der Waals surface area contributed by atoms with Crippen molar-refractivity contribution in [2.45, 2.75) is 19.8 Å². The molecule has 2 aromatic rings. The van der Waals surface area contributed by atoms with Gasteiger partial charge in [0.2, 0.25) is 11.9 Å². The Morgan fingerprint density at radius 3 is 2.94 bits per heavy atom. The number of nitrogens with one attached hydrogen (secondary N) is 3. The van der Waals surface area contributed by atoms with Crippen molar-refractivity contribution in [2.75, 3.05) is 13.1 Å². The molecular weight excluding hydrogens is 459 g/mol. The van der Waals surface area contributed by atoms with Crippen LogP contribution in [0.5, 0.6) is 0 Å². The molecule has 0 aliphatic carbocycles. The summed E-state index contributed by atoms with van der Waals surface area (Å²) in [4.78, 5) is 41.2. The molecule has 4 heterocycles. The van der Waals surface area contributed by atoms with Gasteiger partial charge in [0.1, 0.15) is 10.8 Å². The summed E-state index contributed by atoms with van der Waals surface area (Å²) in [5, 5.41) is 7.88. The third-order valence-electron chi connectivity index (χ3n) is 5.33. The van der Waals surface area contributed by atoms with E-state index >= 15 is 0 Å². The SMILES string of the molecule is CCNC(=O)NC1=NCC(C2=CN=CC(C(=O)NN)C2)=C(c2nc(-c3cccnc3F)cs2)C1. The third kappa shape index (κ3) is 5.07. The van der Waals surface area contributed by atoms with Gasteiger partial charge in [0.05, 0.1) is 23.7 Å². The minimum atomic E-state index is -0.600. The van der Waals surface area contributed by atoms with E-state index in [1.54, 1.807) is 29.9 Å². The standard InChI is InChI=1S/C22H23FN8O2S/c1-2-26-22(33)30-18-7-15(21-29-17(11-34-21)14-4-3-5-27-19(14)23)16(10-28-18)12-6-13(9-25-8-12)20(32)31-24/h3-5,8-9,11,13H,2,6-7,10,24H2,1H3,(H,31,32)(H2,26,28,30,33). The van der Waals surface area contributed by atoms with Crippen LogP contribution >= 0.6 is 11.3 Å². The number of amidine groups is 1. The summed E-state index contributed by atoms with van der Waals surface area (Å²) in [5.74, 6) is 4.35. The average molecular weight is 483 g/mol. The Morgan fingerprint density at radius 2 is 2.18 bits per heavy atom. The fourth-order valence-corrected chi connectivity index (χ4v) is 4.57. The number of hydrogen-bond donors (Lipinski definition) is 4. The molecule has 0 bridgehead atoms. The quantitative estimate of drug-likeness (QED) is 0.223. The topological polar surface area (TPSA) is 147 Å². The number of aromatic nitrogens is 2. The van der Waals surface area contributed by atoms with Crippen molar-refractivity contribution in [3.05, 3.63) is 52.0 Å². The van der Waals surface area contributed by atoms with Crippen LogP contribution in [0, 0.1) is 11.9 Å². The summed E-state index contributed by atoms with van der Waals surface area (Å²) in [6.07, 6.45) is 5.34. The molecular formula is C22H23FN8O2S. The van der Waals surface area contributed by atoms with Crippen molar-refractivity contribution in [1.29, 1.82) is 0 Å². The molecule has 10 nitrogen and oxygen atoms in total. The zero-order chi connectivity index (χ0) is 24.1. The van der Waals surface area contributed by atoms with E-state index in [1.165, 1.54) is 17.5 Å². The lowest BCUT2D eigenvalue weighted by molar-refractivity contribution is -0.122. The summed E-state index contributed by atoms with van der Waals surface area (Å²) in [7, 11) is 0. The zero-order valence-electron chi connectivity index (χ0n) is 18.3. The van der Waals surface area contributed by atoms with Crippen LogP contribution in [0.25, 0.3) is 16.8 Å². The molecule has 12 heteroatoms. The molecule has 1 unspecified atom stereocenters. The Morgan fingerprint density at radius 1 is 1.32 bits per heavy atom. The molecule has 0 saturated carbocycles. The second-order valence-electron chi connectivity index (χ2n) is 7.53. The average Bonchev–Trinajstić information content (AvgIpc) is 3.34. The lowest BCUT2D eigenvalue weighted by atomic mass is 9.88. The fourth-order valence-electron chi connectivity index (χ4n) is 3.68. The predicted molar refractivity (Wildman–Crippen MR) is 128 cm³/mol. The first-order chi connectivity index (χ1) is 16.5. The molecule has 2 aliphatic rings. The van der Waals surface area contributed by atoms with Crippen LogP contribution in [0.4, 0.5) is 9.18 Å². The molecule has 3 amide bonds. The first kappa shape index (κ1) is 23.4. The second-order valence-corrected chi connectivity index (χ2v) is 8.39. The number of carbonyl (C=O) groups is 2. The molecule has 2 aromatic heterocycles. The highest BCUT2D eigenvalue weighted by molar-refractivity contribution is 7.11. The number of carbonyl (C=O) groups excluding carboxylic acids is 2. The van der Waals surface area contributed by atoms with Crippen LogP contribution in [0.3, 0.4) is 0 Å². The highest BCUT2D eigenvalue weighted by Gasteiger charge is 2.27. The van der Waals surface area contributed by atoms with Gasteiger partial charge in [-0.2, -0.15) is 4.39 Å². The van der Waals surface area contributed by atoms with Gasteiger partial charge in [-0.25, -0.2) is 20.6 Å². The predicted octanol–water partition coefficient (Wildman–Crippen LogP) is 2.18. The van der Waals surface area contributed by atoms with Crippen LogP contribution in [-0.2, 0) is 4.79 Å². The number of rotatable bonds is 5. The number of hydrazine groups is 1. The third-order valence-corrected chi connectivity index (χ3v) is 6.23. The normalized spacial score (nSPS) is 17.7. The smallest absolute Gasteiger partial charge is 0.320 e. The van der Waals surface area contributed by atoms with Crippen molar-refractivity contribution in [1.82, 2.24) is 26.0 Å². The van der Waals surface area contributed by atoms with E-state index in [9.17, 15) is 14.0 Å². The van der Waals surface area contributed by atoms with Crippen molar-refractivity contribution >= 4 is 40.9 Å². The highest BCUT2D eigenvalue weighted by Crippen LogP contribution is 2.36. The van der Waals surface area contributed by atoms with Crippen molar-refractivity contribution in [2.24, 2.45) is 21.7 Å². The number of aliphatic imine (C=N–C) groups is 2. The second kappa shape index (κ2) is 10.4. The number of dihydropyridines is 1.